The molecule has 1 rings (SSSR count). The number of carbonyl (C=O) groups is 1. The van der Waals surface area contributed by atoms with E-state index in [0.717, 1.165) is 27.9 Å². The fraction of sp³-hybridized carbons (Fsp3) is 0.286. The second-order valence-corrected chi connectivity index (χ2v) is 4.21. The molecule has 2 heteroatoms. The first-order valence-corrected chi connectivity index (χ1v) is 4.03. The van der Waals surface area contributed by atoms with Gasteiger partial charge in [0.25, 0.3) is 0 Å². The molecule has 0 N–H and O–H groups in total. The van der Waals surface area contributed by atoms with Crippen LogP contribution >= 0.6 is 0 Å². The van der Waals surface area contributed by atoms with Crippen LogP contribution in [0.2, 0.25) is 2.66 Å². The predicted octanol–water partition coefficient (Wildman–Crippen LogP) is 1.03. The Labute approximate surface area is 72.2 Å². The van der Waals surface area contributed by atoms with Gasteiger partial charge in [-0.1, -0.05) is 0 Å². The predicted molar refractivity (Wildman–Crippen MR) is 37.4 cm³/mol. The third kappa shape index (κ3) is 1.34. The van der Waals surface area contributed by atoms with E-state index in [9.17, 15) is 4.79 Å². The molecular formula is C7H7NaO. The molecule has 0 aromatic rings. The minimum absolute atomic E-state index is 0.167. The molecule has 0 bridgehead atoms. The SMILES string of the molecule is CC(=O)[C]1([Na])C=CC=C1. The van der Waals surface area contributed by atoms with Crippen molar-refractivity contribution < 1.29 is 4.79 Å². The summed E-state index contributed by atoms with van der Waals surface area (Å²) in [5, 5.41) is 0. The van der Waals surface area contributed by atoms with E-state index in [1.165, 1.54) is 0 Å². The summed E-state index contributed by atoms with van der Waals surface area (Å²) in [6.45, 7) is 1.65. The molecular weight excluding hydrogens is 123 g/mol. The van der Waals surface area contributed by atoms with Crippen molar-refractivity contribution in [1.29, 1.82) is 0 Å². The van der Waals surface area contributed by atoms with Gasteiger partial charge in [-0.3, -0.25) is 0 Å². The van der Waals surface area contributed by atoms with Crippen molar-refractivity contribution >= 4 is 33.7 Å². The molecule has 0 aromatic heterocycles. The van der Waals surface area contributed by atoms with Crippen LogP contribution in [0.4, 0.5) is 0 Å². The van der Waals surface area contributed by atoms with Crippen molar-refractivity contribution in [2.24, 2.45) is 0 Å². The van der Waals surface area contributed by atoms with Crippen LogP contribution in [0, 0.1) is 0 Å². The average molecular weight is 130 g/mol. The first-order valence-electron chi connectivity index (χ1n) is 3.03. The standard InChI is InChI=1S/C7H7O.Na/c1-6(8)7-4-2-3-5-7;/h2-5H,1H3;. The minimum atomic E-state index is -0.167. The van der Waals surface area contributed by atoms with Gasteiger partial charge in [0.15, 0.2) is 0 Å². The molecule has 1 nitrogen and oxygen atoms in total. The van der Waals surface area contributed by atoms with Gasteiger partial charge in [0.1, 0.15) is 0 Å². The Hall–Kier alpha value is 0.150. The van der Waals surface area contributed by atoms with E-state index < -0.39 is 0 Å². The molecule has 1 aliphatic rings. The van der Waals surface area contributed by atoms with E-state index in [1.54, 1.807) is 6.92 Å². The average Bonchev–Trinajstić information content (AvgIpc) is 2.16. The zero-order valence-corrected chi connectivity index (χ0v) is 7.72. The number of ketones is 1. The van der Waals surface area contributed by atoms with Gasteiger partial charge in [-0.2, -0.15) is 0 Å². The number of allylic oxidation sites excluding steroid dienone is 4. The van der Waals surface area contributed by atoms with Crippen molar-refractivity contribution in [2.75, 3.05) is 0 Å². The van der Waals surface area contributed by atoms with Gasteiger partial charge < -0.3 is 0 Å². The maximum absolute atomic E-state index is 10.9. The topological polar surface area (TPSA) is 17.1 Å². The third-order valence-corrected chi connectivity index (χ3v) is 3.13. The van der Waals surface area contributed by atoms with Crippen LogP contribution < -0.4 is 0 Å². The summed E-state index contributed by atoms with van der Waals surface area (Å²) in [5.74, 6) is 0.263. The molecule has 0 unspecified atom stereocenters. The summed E-state index contributed by atoms with van der Waals surface area (Å²) >= 11 is 0.894. The van der Waals surface area contributed by atoms with Crippen LogP contribution in [-0.2, 0) is 4.79 Å². The van der Waals surface area contributed by atoms with E-state index in [1.807, 2.05) is 24.3 Å². The summed E-state index contributed by atoms with van der Waals surface area (Å²) in [6, 6.07) is 0. The van der Waals surface area contributed by atoms with Crippen LogP contribution in [0.25, 0.3) is 0 Å². The Bertz CT molecular complexity index is 179. The van der Waals surface area contributed by atoms with Crippen molar-refractivity contribution in [2.45, 2.75) is 9.59 Å². The molecule has 0 aliphatic heterocycles. The number of Topliss-reactive ketones (excluding diaryl/α,β-unsaturated/α-hetero) is 1. The van der Waals surface area contributed by atoms with Gasteiger partial charge in [0.2, 0.25) is 0 Å². The van der Waals surface area contributed by atoms with E-state index in [-0.39, 0.29) is 8.45 Å². The van der Waals surface area contributed by atoms with Gasteiger partial charge >= 0.3 is 72.4 Å². The zero-order valence-electron chi connectivity index (χ0n) is 5.72. The summed E-state index contributed by atoms with van der Waals surface area (Å²) in [5.41, 5.74) is 0. The monoisotopic (exact) mass is 130 g/mol. The molecule has 0 spiro atoms. The Morgan fingerprint density at radius 2 is 1.89 bits per heavy atom. The van der Waals surface area contributed by atoms with Gasteiger partial charge in [-0.15, -0.1) is 0 Å². The van der Waals surface area contributed by atoms with Crippen LogP contribution in [0.15, 0.2) is 24.3 Å². The molecule has 0 amide bonds. The van der Waals surface area contributed by atoms with Crippen LogP contribution in [0.3, 0.4) is 0 Å². The van der Waals surface area contributed by atoms with E-state index in [4.69, 9.17) is 0 Å². The second-order valence-electron chi connectivity index (χ2n) is 2.56. The van der Waals surface area contributed by atoms with Crippen molar-refractivity contribution in [3.8, 4) is 0 Å². The quantitative estimate of drug-likeness (QED) is 0.484. The summed E-state index contributed by atoms with van der Waals surface area (Å²) < 4.78 is -0.167. The molecule has 0 radical (unpaired) electrons. The van der Waals surface area contributed by atoms with E-state index >= 15 is 0 Å². The second kappa shape index (κ2) is 2.41. The summed E-state index contributed by atoms with van der Waals surface area (Å²) in [6.07, 6.45) is 7.83. The first-order chi connectivity index (χ1) is 4.15. The fourth-order valence-corrected chi connectivity index (χ4v) is 1.19. The molecule has 42 valence electrons. The van der Waals surface area contributed by atoms with Gasteiger partial charge in [-0.05, 0) is 0 Å². The zero-order chi connectivity index (χ0) is 6.91. The molecule has 1 aliphatic carbocycles. The van der Waals surface area contributed by atoms with Crippen molar-refractivity contribution in [1.82, 2.24) is 0 Å². The Morgan fingerprint density at radius 1 is 1.44 bits per heavy atom. The molecule has 0 aromatic carbocycles. The van der Waals surface area contributed by atoms with Gasteiger partial charge in [-0.25, -0.2) is 0 Å². The molecule has 0 atom stereocenters. The number of hydrogen-bond donors (Lipinski definition) is 0. The number of rotatable bonds is 1. The molecule has 0 heterocycles. The van der Waals surface area contributed by atoms with Crippen LogP contribution in [0.5, 0.6) is 0 Å². The normalized spacial score (nSPS) is 20.8. The van der Waals surface area contributed by atoms with Crippen molar-refractivity contribution in [3.05, 3.63) is 24.3 Å². The van der Waals surface area contributed by atoms with Gasteiger partial charge in [0.05, 0.1) is 0 Å². The Kier molecular flexibility index (Phi) is 1.94. The van der Waals surface area contributed by atoms with Gasteiger partial charge in [0, 0.05) is 0 Å². The van der Waals surface area contributed by atoms with Crippen molar-refractivity contribution in [3.63, 3.8) is 0 Å². The molecule has 0 fully saturated rings. The number of hydrogen-bond acceptors (Lipinski definition) is 1. The van der Waals surface area contributed by atoms with Crippen LogP contribution in [0.1, 0.15) is 6.92 Å². The Balaban J connectivity index is 2.88. The Morgan fingerprint density at radius 3 is 2.11 bits per heavy atom. The summed E-state index contributed by atoms with van der Waals surface area (Å²) in [4.78, 5) is 10.9. The summed E-state index contributed by atoms with van der Waals surface area (Å²) in [7, 11) is 0. The van der Waals surface area contributed by atoms with E-state index in [0.29, 0.717) is 0 Å². The molecule has 9 heavy (non-hydrogen) atoms. The fourth-order valence-electron chi connectivity index (χ4n) is 0.801. The molecule has 0 saturated heterocycles. The first kappa shape index (κ1) is 7.26. The van der Waals surface area contributed by atoms with Crippen LogP contribution in [-0.4, -0.2) is 33.7 Å². The number of carbonyl (C=O) groups excluding carboxylic acids is 1. The molecule has 0 saturated carbocycles. The maximum atomic E-state index is 10.9. The van der Waals surface area contributed by atoms with E-state index in [2.05, 4.69) is 0 Å². The third-order valence-electron chi connectivity index (χ3n) is 1.75.